The smallest absolute Gasteiger partial charge is 0.0417 e. The van der Waals surface area contributed by atoms with Gasteiger partial charge in [0.05, 0.1) is 0 Å². The molecule has 2 nitrogen and oxygen atoms in total. The molecule has 0 unspecified atom stereocenters. The van der Waals surface area contributed by atoms with Crippen LogP contribution in [-0.4, -0.2) is 6.54 Å². The number of hydrogen-bond acceptors (Lipinski definition) is 2. The van der Waals surface area contributed by atoms with Crippen LogP contribution in [0.4, 0.5) is 22.7 Å². The molecule has 0 radical (unpaired) electrons. The lowest BCUT2D eigenvalue weighted by atomic mass is 10.1. The van der Waals surface area contributed by atoms with Crippen molar-refractivity contribution in [3.05, 3.63) is 97.1 Å². The van der Waals surface area contributed by atoms with Crippen molar-refractivity contribution in [3.8, 4) is 0 Å². The minimum Gasteiger partial charge on any atom is -0.356 e. The van der Waals surface area contributed by atoms with Gasteiger partial charge in [-0.1, -0.05) is 55.5 Å². The molecule has 0 saturated carbocycles. The summed E-state index contributed by atoms with van der Waals surface area (Å²) in [6.07, 6.45) is 1.10. The number of nitrogens with zero attached hydrogens (tertiary/aromatic N) is 1. The Labute approximate surface area is 161 Å². The molecule has 0 aliphatic rings. The number of benzene rings is 4. The molecule has 0 aromatic heterocycles. The summed E-state index contributed by atoms with van der Waals surface area (Å²) in [5.41, 5.74) is 4.68. The number of rotatable bonds is 6. The molecule has 0 atom stereocenters. The maximum absolute atomic E-state index is 3.47. The lowest BCUT2D eigenvalue weighted by Crippen LogP contribution is -2.17. The van der Waals surface area contributed by atoms with Gasteiger partial charge in [0.1, 0.15) is 0 Å². The number of nitrogens with one attached hydrogen (secondary N) is 1. The summed E-state index contributed by atoms with van der Waals surface area (Å²) < 4.78 is 0. The molecule has 0 spiro atoms. The number of fused-ring (bicyclic) bond motifs is 1. The lowest BCUT2D eigenvalue weighted by Gasteiger charge is -2.25. The van der Waals surface area contributed by atoms with Gasteiger partial charge in [-0.05, 0) is 65.7 Å². The van der Waals surface area contributed by atoms with Gasteiger partial charge >= 0.3 is 0 Å². The molecular weight excluding hydrogens is 328 g/mol. The van der Waals surface area contributed by atoms with Crippen LogP contribution in [0.3, 0.4) is 0 Å². The zero-order valence-corrected chi connectivity index (χ0v) is 15.6. The average molecular weight is 352 g/mol. The van der Waals surface area contributed by atoms with Crippen LogP contribution in [0.2, 0.25) is 0 Å². The van der Waals surface area contributed by atoms with E-state index in [4.69, 9.17) is 0 Å². The first kappa shape index (κ1) is 17.2. The van der Waals surface area contributed by atoms with Crippen LogP contribution in [0.15, 0.2) is 97.1 Å². The lowest BCUT2D eigenvalue weighted by molar-refractivity contribution is 0.886. The van der Waals surface area contributed by atoms with E-state index in [9.17, 15) is 0 Å². The van der Waals surface area contributed by atoms with Crippen LogP contribution in [0.25, 0.3) is 10.8 Å². The van der Waals surface area contributed by atoms with E-state index in [0.717, 1.165) is 24.3 Å². The van der Waals surface area contributed by atoms with Gasteiger partial charge in [-0.25, -0.2) is 0 Å². The Bertz CT molecular complexity index is 1010. The Kier molecular flexibility index (Phi) is 5.06. The van der Waals surface area contributed by atoms with E-state index >= 15 is 0 Å². The summed E-state index contributed by atoms with van der Waals surface area (Å²) in [6, 6.07) is 34.1. The first-order chi connectivity index (χ1) is 13.3. The van der Waals surface area contributed by atoms with Crippen molar-refractivity contribution >= 4 is 33.5 Å². The van der Waals surface area contributed by atoms with Crippen LogP contribution >= 0.6 is 0 Å². The summed E-state index contributed by atoms with van der Waals surface area (Å²) in [6.45, 7) is 3.22. The van der Waals surface area contributed by atoms with Gasteiger partial charge in [0.25, 0.3) is 0 Å². The van der Waals surface area contributed by atoms with E-state index in [1.54, 1.807) is 0 Å². The van der Waals surface area contributed by atoms with Crippen LogP contribution < -0.4 is 10.2 Å². The second-order valence-corrected chi connectivity index (χ2v) is 6.72. The SMILES string of the molecule is CCCN(c1ccccc1)c1ccc2cc(Nc3ccccc3)ccc2c1. The molecule has 0 fully saturated rings. The third-order valence-electron chi connectivity index (χ3n) is 4.71. The van der Waals surface area contributed by atoms with Crippen molar-refractivity contribution in [1.82, 2.24) is 0 Å². The average Bonchev–Trinajstić information content (AvgIpc) is 2.73. The van der Waals surface area contributed by atoms with Gasteiger partial charge in [0, 0.05) is 29.3 Å². The van der Waals surface area contributed by atoms with E-state index in [-0.39, 0.29) is 0 Å². The van der Waals surface area contributed by atoms with Crippen LogP contribution in [0, 0.1) is 0 Å². The van der Waals surface area contributed by atoms with Crippen molar-refractivity contribution in [3.63, 3.8) is 0 Å². The Morgan fingerprint density at radius 3 is 2.04 bits per heavy atom. The maximum Gasteiger partial charge on any atom is 0.0417 e. The molecule has 4 aromatic carbocycles. The van der Waals surface area contributed by atoms with E-state index in [1.807, 2.05) is 18.2 Å². The first-order valence-electron chi connectivity index (χ1n) is 9.52. The van der Waals surface area contributed by atoms with Crippen molar-refractivity contribution in [2.24, 2.45) is 0 Å². The largest absolute Gasteiger partial charge is 0.356 e. The quantitative estimate of drug-likeness (QED) is 0.397. The van der Waals surface area contributed by atoms with Gasteiger partial charge in [-0.3, -0.25) is 0 Å². The molecule has 0 aliphatic carbocycles. The fourth-order valence-corrected chi connectivity index (χ4v) is 3.41. The van der Waals surface area contributed by atoms with Gasteiger partial charge in [0.15, 0.2) is 0 Å². The molecule has 1 N–H and O–H groups in total. The van der Waals surface area contributed by atoms with Gasteiger partial charge < -0.3 is 10.2 Å². The zero-order chi connectivity index (χ0) is 18.5. The molecule has 0 heterocycles. The third-order valence-corrected chi connectivity index (χ3v) is 4.71. The number of para-hydroxylation sites is 2. The Hall–Kier alpha value is -3.26. The topological polar surface area (TPSA) is 15.3 Å². The molecule has 4 rings (SSSR count). The van der Waals surface area contributed by atoms with E-state index < -0.39 is 0 Å². The fraction of sp³-hybridized carbons (Fsp3) is 0.120. The molecule has 0 amide bonds. The highest BCUT2D eigenvalue weighted by Crippen LogP contribution is 2.30. The monoisotopic (exact) mass is 352 g/mol. The second-order valence-electron chi connectivity index (χ2n) is 6.72. The standard InChI is InChI=1S/C25H24N2/c1-2-17-27(24-11-7-4-8-12-24)25-16-14-20-18-23(15-13-21(20)19-25)26-22-9-5-3-6-10-22/h3-16,18-19,26H,2,17H2,1H3. The van der Waals surface area contributed by atoms with Crippen LogP contribution in [-0.2, 0) is 0 Å². The van der Waals surface area contributed by atoms with Crippen LogP contribution in [0.1, 0.15) is 13.3 Å². The van der Waals surface area contributed by atoms with Crippen molar-refractivity contribution in [2.45, 2.75) is 13.3 Å². The Balaban J connectivity index is 1.65. The normalized spacial score (nSPS) is 10.7. The van der Waals surface area contributed by atoms with Gasteiger partial charge in [-0.15, -0.1) is 0 Å². The summed E-state index contributed by atoms with van der Waals surface area (Å²) in [7, 11) is 0. The number of anilines is 4. The minimum atomic E-state index is 1.00. The minimum absolute atomic E-state index is 1.00. The molecule has 134 valence electrons. The highest BCUT2D eigenvalue weighted by atomic mass is 15.1. The van der Waals surface area contributed by atoms with Gasteiger partial charge in [-0.2, -0.15) is 0 Å². The Morgan fingerprint density at radius 1 is 0.630 bits per heavy atom. The molecule has 4 aromatic rings. The summed E-state index contributed by atoms with van der Waals surface area (Å²) in [5.74, 6) is 0. The predicted octanol–water partition coefficient (Wildman–Crippen LogP) is 7.13. The molecular formula is C25H24N2. The van der Waals surface area contributed by atoms with Gasteiger partial charge in [0.2, 0.25) is 0 Å². The molecule has 0 saturated heterocycles. The van der Waals surface area contributed by atoms with Crippen molar-refractivity contribution in [2.75, 3.05) is 16.8 Å². The van der Waals surface area contributed by atoms with Crippen LogP contribution in [0.5, 0.6) is 0 Å². The number of hydrogen-bond donors (Lipinski definition) is 1. The summed E-state index contributed by atoms with van der Waals surface area (Å²) >= 11 is 0. The zero-order valence-electron chi connectivity index (χ0n) is 15.6. The summed E-state index contributed by atoms with van der Waals surface area (Å²) in [4.78, 5) is 2.38. The fourth-order valence-electron chi connectivity index (χ4n) is 3.41. The molecule has 2 heteroatoms. The molecule has 0 bridgehead atoms. The van der Waals surface area contributed by atoms with E-state index in [0.29, 0.717) is 0 Å². The first-order valence-corrected chi connectivity index (χ1v) is 9.52. The maximum atomic E-state index is 3.47. The molecule has 0 aliphatic heterocycles. The third kappa shape index (κ3) is 3.95. The molecule has 27 heavy (non-hydrogen) atoms. The van der Waals surface area contributed by atoms with E-state index in [1.165, 1.54) is 22.1 Å². The Morgan fingerprint density at radius 2 is 1.30 bits per heavy atom. The van der Waals surface area contributed by atoms with Crippen molar-refractivity contribution in [1.29, 1.82) is 0 Å². The second kappa shape index (κ2) is 7.96. The predicted molar refractivity (Wildman–Crippen MR) is 117 cm³/mol. The van der Waals surface area contributed by atoms with E-state index in [2.05, 4.69) is 96.0 Å². The highest BCUT2D eigenvalue weighted by Gasteiger charge is 2.09. The summed E-state index contributed by atoms with van der Waals surface area (Å²) in [5, 5.41) is 5.96. The van der Waals surface area contributed by atoms with Crippen molar-refractivity contribution < 1.29 is 0 Å². The highest BCUT2D eigenvalue weighted by molar-refractivity contribution is 5.90.